The summed E-state index contributed by atoms with van der Waals surface area (Å²) in [5.74, 6) is -1.61. The third-order valence-electron chi connectivity index (χ3n) is 6.47. The summed E-state index contributed by atoms with van der Waals surface area (Å²) in [5.41, 5.74) is -3.53. The van der Waals surface area contributed by atoms with Gasteiger partial charge in [0, 0.05) is 26.3 Å². The van der Waals surface area contributed by atoms with E-state index < -0.39 is 50.8 Å². The first-order valence-electron chi connectivity index (χ1n) is 11.0. The van der Waals surface area contributed by atoms with Crippen molar-refractivity contribution < 1.29 is 54.2 Å². The Kier molecular flexibility index (Phi) is 7.73. The van der Waals surface area contributed by atoms with Crippen LogP contribution in [0.2, 0.25) is 0 Å². The van der Waals surface area contributed by atoms with Crippen LogP contribution in [-0.4, -0.2) is 69.2 Å². The molecule has 3 amide bonds. The van der Waals surface area contributed by atoms with Gasteiger partial charge in [0.2, 0.25) is 0 Å². The summed E-state index contributed by atoms with van der Waals surface area (Å²) in [6.07, 6.45) is -12.3. The Morgan fingerprint density at radius 3 is 2.10 bits per heavy atom. The predicted molar refractivity (Wildman–Crippen MR) is 123 cm³/mol. The minimum absolute atomic E-state index is 0.0149. The minimum Gasteiger partial charge on any atom is -0.384 e. The third-order valence-corrected chi connectivity index (χ3v) is 8.15. The van der Waals surface area contributed by atoms with Crippen molar-refractivity contribution in [2.45, 2.75) is 34.9 Å². The lowest BCUT2D eigenvalue weighted by Crippen LogP contribution is -2.56. The highest BCUT2D eigenvalue weighted by Crippen LogP contribution is 2.51. The Balaban J connectivity index is 2.26. The molecule has 0 radical (unpaired) electrons. The summed E-state index contributed by atoms with van der Waals surface area (Å²) >= 11 is 0. The third kappa shape index (κ3) is 4.69. The van der Waals surface area contributed by atoms with E-state index >= 15 is 0 Å². The van der Waals surface area contributed by atoms with E-state index in [0.717, 1.165) is 11.0 Å². The summed E-state index contributed by atoms with van der Waals surface area (Å²) in [6.45, 7) is -0.508. The number of alkyl halides is 6. The maximum atomic E-state index is 13.4. The first kappa shape index (κ1) is 30.2. The van der Waals surface area contributed by atoms with Crippen molar-refractivity contribution in [2.75, 3.05) is 26.5 Å². The minimum atomic E-state index is -6.15. The number of rotatable bonds is 7. The van der Waals surface area contributed by atoms with Gasteiger partial charge in [-0.25, -0.2) is 13.2 Å². The molecule has 2 aromatic rings. The number of methoxy groups -OCH3 is 1. The van der Waals surface area contributed by atoms with E-state index in [1.54, 1.807) is 0 Å². The van der Waals surface area contributed by atoms with Crippen molar-refractivity contribution in [3.63, 3.8) is 0 Å². The monoisotopic (exact) mass is 583 g/mol. The van der Waals surface area contributed by atoms with Crippen LogP contribution in [0, 0.1) is 0 Å². The zero-order valence-electron chi connectivity index (χ0n) is 20.4. The van der Waals surface area contributed by atoms with E-state index in [1.165, 1.54) is 26.3 Å². The predicted octanol–water partition coefficient (Wildman–Crippen LogP) is 2.30. The molecule has 214 valence electrons. The molecule has 39 heavy (non-hydrogen) atoms. The van der Waals surface area contributed by atoms with Crippen LogP contribution in [-0.2, 0) is 37.1 Å². The van der Waals surface area contributed by atoms with Gasteiger partial charge in [0.1, 0.15) is 0 Å². The first-order chi connectivity index (χ1) is 17.9. The smallest absolute Gasteiger partial charge is 0.384 e. The molecule has 0 aliphatic carbocycles. The van der Waals surface area contributed by atoms with Crippen LogP contribution in [0.25, 0.3) is 0 Å². The van der Waals surface area contributed by atoms with Gasteiger partial charge in [-0.3, -0.25) is 9.69 Å². The maximum Gasteiger partial charge on any atom is 0.430 e. The molecule has 16 heteroatoms. The number of carbonyl (C=O) groups is 2. The molecule has 1 unspecified atom stereocenters. The largest absolute Gasteiger partial charge is 0.430 e. The van der Waals surface area contributed by atoms with Crippen molar-refractivity contribution in [3.05, 3.63) is 64.7 Å². The average molecular weight is 584 g/mol. The standard InChI is InChI=1S/C23H23F6N3O6S/c1-31-19(34)32-12-13-11-16(39(36,37)10-9-38-2)7-8-17(13)20(32,18(30)33)14-3-5-15(6-4-14)21(35,22(24,25)26)23(27,28)29/h3-8,11,35H,9-10,12H2,1-2H3,(H2,30,33)(H,31,34). The summed E-state index contributed by atoms with van der Waals surface area (Å²) in [6, 6.07) is 4.68. The van der Waals surface area contributed by atoms with Gasteiger partial charge < -0.3 is 20.9 Å². The molecular weight excluding hydrogens is 560 g/mol. The van der Waals surface area contributed by atoms with Gasteiger partial charge in [-0.15, -0.1) is 0 Å². The summed E-state index contributed by atoms with van der Waals surface area (Å²) in [4.78, 5) is 26.5. The molecule has 0 bridgehead atoms. The Morgan fingerprint density at radius 1 is 1.08 bits per heavy atom. The topological polar surface area (TPSA) is 139 Å². The summed E-state index contributed by atoms with van der Waals surface area (Å²) in [5, 5.41) is 12.0. The second-order valence-corrected chi connectivity index (χ2v) is 10.7. The molecule has 1 heterocycles. The number of urea groups is 1. The van der Waals surface area contributed by atoms with E-state index in [0.29, 0.717) is 24.3 Å². The molecule has 1 aliphatic rings. The molecule has 0 fully saturated rings. The van der Waals surface area contributed by atoms with Gasteiger partial charge >= 0.3 is 18.4 Å². The van der Waals surface area contributed by atoms with E-state index in [9.17, 15) is 49.5 Å². The number of carbonyl (C=O) groups excluding carboxylic acids is 2. The number of hydrogen-bond acceptors (Lipinski definition) is 6. The van der Waals surface area contributed by atoms with E-state index in [4.69, 9.17) is 10.5 Å². The number of halogens is 6. The quantitative estimate of drug-likeness (QED) is 0.428. The van der Waals surface area contributed by atoms with Crippen molar-refractivity contribution in [1.82, 2.24) is 10.2 Å². The molecule has 2 aromatic carbocycles. The Labute approximate surface area is 218 Å². The number of benzene rings is 2. The fraction of sp³-hybridized carbons (Fsp3) is 0.391. The molecule has 3 rings (SSSR count). The maximum absolute atomic E-state index is 13.4. The molecule has 0 aromatic heterocycles. The van der Waals surface area contributed by atoms with Crippen molar-refractivity contribution >= 4 is 21.8 Å². The molecule has 0 saturated heterocycles. The number of fused-ring (bicyclic) bond motifs is 1. The molecule has 4 N–H and O–H groups in total. The van der Waals surface area contributed by atoms with Crippen LogP contribution in [0.4, 0.5) is 31.1 Å². The Bertz CT molecular complexity index is 1360. The number of nitrogens with one attached hydrogen (secondary N) is 1. The highest BCUT2D eigenvalue weighted by atomic mass is 32.2. The SMILES string of the molecule is CNC(=O)N1Cc2cc(S(=O)(=O)CCOC)ccc2C1(C(N)=O)c1ccc(C(O)(C(F)(F)F)C(F)(F)F)cc1. The number of ether oxygens (including phenoxy) is 1. The van der Waals surface area contributed by atoms with Crippen molar-refractivity contribution in [1.29, 1.82) is 0 Å². The van der Waals surface area contributed by atoms with Crippen LogP contribution < -0.4 is 11.1 Å². The fourth-order valence-electron chi connectivity index (χ4n) is 4.51. The molecule has 1 atom stereocenters. The van der Waals surface area contributed by atoms with Crippen LogP contribution in [0.15, 0.2) is 47.4 Å². The highest BCUT2D eigenvalue weighted by Gasteiger charge is 2.71. The fourth-order valence-corrected chi connectivity index (χ4v) is 5.73. The number of primary amides is 1. The van der Waals surface area contributed by atoms with Crippen LogP contribution in [0.1, 0.15) is 22.3 Å². The molecule has 9 nitrogen and oxygen atoms in total. The van der Waals surface area contributed by atoms with Crippen LogP contribution >= 0.6 is 0 Å². The zero-order valence-corrected chi connectivity index (χ0v) is 21.2. The van der Waals surface area contributed by atoms with Crippen LogP contribution in [0.5, 0.6) is 0 Å². The van der Waals surface area contributed by atoms with E-state index in [1.807, 2.05) is 0 Å². The summed E-state index contributed by atoms with van der Waals surface area (Å²) in [7, 11) is -1.36. The lowest BCUT2D eigenvalue weighted by Gasteiger charge is -2.37. The second kappa shape index (κ2) is 9.98. The first-order valence-corrected chi connectivity index (χ1v) is 12.7. The number of amides is 3. The molecule has 0 spiro atoms. The van der Waals surface area contributed by atoms with E-state index in [-0.39, 0.29) is 40.5 Å². The van der Waals surface area contributed by atoms with Crippen molar-refractivity contribution in [2.24, 2.45) is 5.73 Å². The van der Waals surface area contributed by atoms with Crippen LogP contribution in [0.3, 0.4) is 0 Å². The molecular formula is C23H23F6N3O6S. The number of sulfone groups is 1. The molecule has 0 saturated carbocycles. The van der Waals surface area contributed by atoms with Gasteiger partial charge in [-0.05, 0) is 28.8 Å². The highest BCUT2D eigenvalue weighted by molar-refractivity contribution is 7.91. The number of hydrogen-bond donors (Lipinski definition) is 3. The number of nitrogens with zero attached hydrogens (tertiary/aromatic N) is 1. The normalized spacial score (nSPS) is 18.1. The second-order valence-electron chi connectivity index (χ2n) is 8.63. The van der Waals surface area contributed by atoms with Crippen molar-refractivity contribution in [3.8, 4) is 0 Å². The Morgan fingerprint density at radius 2 is 1.64 bits per heavy atom. The lowest BCUT2D eigenvalue weighted by molar-refractivity contribution is -0.376. The van der Waals surface area contributed by atoms with Gasteiger partial charge in [0.25, 0.3) is 11.5 Å². The van der Waals surface area contributed by atoms with Gasteiger partial charge in [0.15, 0.2) is 15.4 Å². The lowest BCUT2D eigenvalue weighted by atomic mass is 9.80. The van der Waals surface area contributed by atoms with Gasteiger partial charge in [-0.2, -0.15) is 26.3 Å². The van der Waals surface area contributed by atoms with E-state index in [2.05, 4.69) is 5.32 Å². The average Bonchev–Trinajstić information content (AvgIpc) is 3.21. The number of nitrogens with two attached hydrogens (primary N) is 1. The number of aliphatic hydroxyl groups is 1. The molecule has 1 aliphatic heterocycles. The van der Waals surface area contributed by atoms with Gasteiger partial charge in [0.05, 0.1) is 17.3 Å². The van der Waals surface area contributed by atoms with Gasteiger partial charge in [-0.1, -0.05) is 30.3 Å². The Hall–Kier alpha value is -3.37. The zero-order chi connectivity index (χ0) is 29.6. The summed E-state index contributed by atoms with van der Waals surface area (Å²) < 4.78 is 110.